The molecule has 1 rings (SSSR count). The van der Waals surface area contributed by atoms with Crippen molar-refractivity contribution in [3.63, 3.8) is 0 Å². The standard InChI is InChI=1S/C8H14N2O.ClH/c1-2-3-4-10-7-9-5-8(10)6-11;/h5,7,11H,2-4,6H2,1H3;1H. The van der Waals surface area contributed by atoms with Crippen LogP contribution in [0.4, 0.5) is 0 Å². The molecule has 70 valence electrons. The average molecular weight is 191 g/mol. The monoisotopic (exact) mass is 190 g/mol. The van der Waals surface area contributed by atoms with E-state index in [-0.39, 0.29) is 19.0 Å². The second kappa shape index (κ2) is 6.17. The van der Waals surface area contributed by atoms with E-state index in [0.717, 1.165) is 12.2 Å². The van der Waals surface area contributed by atoms with Gasteiger partial charge in [0.15, 0.2) is 12.0 Å². The first kappa shape index (κ1) is 11.6. The Labute approximate surface area is 79.2 Å². The van der Waals surface area contributed by atoms with Crippen molar-refractivity contribution in [3.05, 3.63) is 11.9 Å². The van der Waals surface area contributed by atoms with E-state index in [4.69, 9.17) is 5.11 Å². The number of unbranched alkanes of at least 4 members (excludes halogenated alkanes) is 1. The lowest BCUT2D eigenvalue weighted by Gasteiger charge is -2.09. The molecule has 0 fully saturated rings. The molecular formula is C8H15ClN2O. The SMILES string of the molecule is CCCC[NH+]1C=NC=C1CO.[Cl-]. The van der Waals surface area contributed by atoms with Crippen molar-refractivity contribution in [2.45, 2.75) is 19.8 Å². The van der Waals surface area contributed by atoms with Crippen molar-refractivity contribution < 1.29 is 22.4 Å². The van der Waals surface area contributed by atoms with E-state index in [1.807, 2.05) is 6.34 Å². The molecule has 4 heteroatoms. The number of halogens is 1. The van der Waals surface area contributed by atoms with Gasteiger partial charge in [-0.05, 0) is 6.42 Å². The van der Waals surface area contributed by atoms with Crippen LogP contribution in [0.3, 0.4) is 0 Å². The Morgan fingerprint density at radius 3 is 2.92 bits per heavy atom. The van der Waals surface area contributed by atoms with Crippen LogP contribution < -0.4 is 17.3 Å². The summed E-state index contributed by atoms with van der Waals surface area (Å²) in [5.41, 5.74) is 0.985. The third-order valence-corrected chi connectivity index (χ3v) is 1.84. The van der Waals surface area contributed by atoms with E-state index in [0.29, 0.717) is 0 Å². The van der Waals surface area contributed by atoms with Crippen LogP contribution in [0, 0.1) is 0 Å². The molecular weight excluding hydrogens is 176 g/mol. The Hall–Kier alpha value is -0.380. The summed E-state index contributed by atoms with van der Waals surface area (Å²) in [6.45, 7) is 3.33. The maximum atomic E-state index is 8.87. The third-order valence-electron chi connectivity index (χ3n) is 1.84. The molecule has 0 radical (unpaired) electrons. The van der Waals surface area contributed by atoms with Gasteiger partial charge in [-0.2, -0.15) is 0 Å². The number of aliphatic hydroxyl groups is 1. The van der Waals surface area contributed by atoms with Gasteiger partial charge in [0.25, 0.3) is 0 Å². The molecule has 1 aliphatic rings. The number of aliphatic imine (C=N–C) groups is 1. The van der Waals surface area contributed by atoms with Crippen molar-refractivity contribution in [2.75, 3.05) is 13.2 Å². The highest BCUT2D eigenvalue weighted by Crippen LogP contribution is 1.88. The molecule has 2 N–H and O–H groups in total. The first-order valence-electron chi connectivity index (χ1n) is 4.07. The van der Waals surface area contributed by atoms with E-state index < -0.39 is 0 Å². The Morgan fingerprint density at radius 1 is 1.58 bits per heavy atom. The van der Waals surface area contributed by atoms with E-state index in [1.54, 1.807) is 6.20 Å². The zero-order valence-corrected chi connectivity index (χ0v) is 8.01. The second-order valence-corrected chi connectivity index (χ2v) is 2.72. The van der Waals surface area contributed by atoms with Gasteiger partial charge < -0.3 is 17.5 Å². The van der Waals surface area contributed by atoms with Gasteiger partial charge in [0.1, 0.15) is 6.61 Å². The van der Waals surface area contributed by atoms with Gasteiger partial charge in [0, 0.05) is 0 Å². The predicted molar refractivity (Wildman–Crippen MR) is 44.4 cm³/mol. The number of rotatable bonds is 4. The smallest absolute Gasteiger partial charge is 0.193 e. The highest BCUT2D eigenvalue weighted by Gasteiger charge is 2.15. The maximum absolute atomic E-state index is 8.87. The summed E-state index contributed by atoms with van der Waals surface area (Å²) >= 11 is 0. The first-order chi connectivity index (χ1) is 5.38. The molecule has 0 spiro atoms. The number of nitrogens with one attached hydrogen (secondary N) is 1. The van der Waals surface area contributed by atoms with Gasteiger partial charge in [-0.1, -0.05) is 13.3 Å². The summed E-state index contributed by atoms with van der Waals surface area (Å²) in [6.07, 6.45) is 5.96. The van der Waals surface area contributed by atoms with E-state index in [1.165, 1.54) is 17.7 Å². The minimum Gasteiger partial charge on any atom is -1.00 e. The summed E-state index contributed by atoms with van der Waals surface area (Å²) in [5, 5.41) is 8.87. The van der Waals surface area contributed by atoms with Gasteiger partial charge in [0.2, 0.25) is 0 Å². The molecule has 0 saturated heterocycles. The van der Waals surface area contributed by atoms with Crippen LogP contribution in [0.25, 0.3) is 0 Å². The van der Waals surface area contributed by atoms with Gasteiger partial charge in [-0.15, -0.1) is 0 Å². The molecule has 0 aromatic rings. The molecule has 0 amide bonds. The van der Waals surface area contributed by atoms with Crippen LogP contribution in [0.1, 0.15) is 19.8 Å². The molecule has 12 heavy (non-hydrogen) atoms. The fraction of sp³-hybridized carbons (Fsp3) is 0.625. The van der Waals surface area contributed by atoms with Crippen molar-refractivity contribution in [3.8, 4) is 0 Å². The van der Waals surface area contributed by atoms with Crippen LogP contribution in [0.5, 0.6) is 0 Å². The van der Waals surface area contributed by atoms with Gasteiger partial charge in [-0.3, -0.25) is 4.90 Å². The number of nitrogens with zero attached hydrogens (tertiary/aromatic N) is 1. The van der Waals surface area contributed by atoms with Crippen LogP contribution in [-0.2, 0) is 0 Å². The highest BCUT2D eigenvalue weighted by atomic mass is 35.5. The zero-order valence-electron chi connectivity index (χ0n) is 7.26. The van der Waals surface area contributed by atoms with Crippen molar-refractivity contribution in [1.29, 1.82) is 0 Å². The molecule has 0 aliphatic carbocycles. The fourth-order valence-corrected chi connectivity index (χ4v) is 1.12. The predicted octanol–water partition coefficient (Wildman–Crippen LogP) is -3.45. The normalized spacial score (nSPS) is 20.5. The summed E-state index contributed by atoms with van der Waals surface area (Å²) in [5.74, 6) is 0. The molecule has 1 unspecified atom stereocenters. The van der Waals surface area contributed by atoms with Gasteiger partial charge >= 0.3 is 0 Å². The minimum atomic E-state index is 0. The van der Waals surface area contributed by atoms with Gasteiger partial charge in [-0.25, -0.2) is 4.99 Å². The topological polar surface area (TPSA) is 37.0 Å². The van der Waals surface area contributed by atoms with E-state index >= 15 is 0 Å². The first-order valence-corrected chi connectivity index (χ1v) is 4.07. The summed E-state index contributed by atoms with van der Waals surface area (Å²) in [4.78, 5) is 5.19. The highest BCUT2D eigenvalue weighted by molar-refractivity contribution is 5.49. The molecule has 0 bridgehead atoms. The molecule has 1 atom stereocenters. The lowest BCUT2D eigenvalue weighted by molar-refractivity contribution is -0.754. The summed E-state index contributed by atoms with van der Waals surface area (Å²) in [6, 6.07) is 0. The summed E-state index contributed by atoms with van der Waals surface area (Å²) in [7, 11) is 0. The van der Waals surface area contributed by atoms with Crippen molar-refractivity contribution >= 4 is 6.34 Å². The second-order valence-electron chi connectivity index (χ2n) is 2.72. The van der Waals surface area contributed by atoms with E-state index in [2.05, 4.69) is 11.9 Å². The number of quaternary nitrogens is 1. The molecule has 3 nitrogen and oxygen atoms in total. The lowest BCUT2D eigenvalue weighted by atomic mass is 10.3. The lowest BCUT2D eigenvalue weighted by Crippen LogP contribution is -3.08. The third kappa shape index (κ3) is 2.93. The molecule has 1 aliphatic heterocycles. The van der Waals surface area contributed by atoms with Crippen LogP contribution >= 0.6 is 0 Å². The minimum absolute atomic E-state index is 0. The number of hydrogen-bond donors (Lipinski definition) is 2. The van der Waals surface area contributed by atoms with Crippen LogP contribution in [0.2, 0.25) is 0 Å². The molecule has 1 heterocycles. The maximum Gasteiger partial charge on any atom is 0.193 e. The quantitative estimate of drug-likeness (QED) is 0.476. The Balaban J connectivity index is 0.00000121. The Kier molecular flexibility index (Phi) is 5.98. The van der Waals surface area contributed by atoms with Crippen LogP contribution in [0.15, 0.2) is 16.9 Å². The van der Waals surface area contributed by atoms with Gasteiger partial charge in [0.05, 0.1) is 12.7 Å². The Bertz CT molecular complexity index is 180. The zero-order chi connectivity index (χ0) is 8.10. The average Bonchev–Trinajstić information content (AvgIpc) is 2.47. The summed E-state index contributed by atoms with van der Waals surface area (Å²) < 4.78 is 0. The molecule has 0 saturated carbocycles. The van der Waals surface area contributed by atoms with Crippen molar-refractivity contribution in [1.82, 2.24) is 0 Å². The fourth-order valence-electron chi connectivity index (χ4n) is 1.12. The van der Waals surface area contributed by atoms with Crippen LogP contribution in [-0.4, -0.2) is 24.6 Å². The molecule has 0 aromatic heterocycles. The van der Waals surface area contributed by atoms with E-state index in [9.17, 15) is 0 Å². The van der Waals surface area contributed by atoms with Crippen molar-refractivity contribution in [2.24, 2.45) is 4.99 Å². The largest absolute Gasteiger partial charge is 1.00 e. The Morgan fingerprint density at radius 2 is 2.33 bits per heavy atom. The molecule has 0 aromatic carbocycles. The number of hydrogen-bond acceptors (Lipinski definition) is 2. The number of aliphatic hydroxyl groups excluding tert-OH is 1.